The van der Waals surface area contributed by atoms with E-state index in [4.69, 9.17) is 4.43 Å². The lowest BCUT2D eigenvalue weighted by molar-refractivity contribution is -0.114. The molecule has 134 valence electrons. The molecular formula is C21H34O2Si. The van der Waals surface area contributed by atoms with Gasteiger partial charge >= 0.3 is 0 Å². The molecule has 0 aromatic rings. The molecule has 0 radical (unpaired) electrons. The van der Waals surface area contributed by atoms with Crippen LogP contribution < -0.4 is 0 Å². The van der Waals surface area contributed by atoms with Crippen LogP contribution in [0.1, 0.15) is 60.3 Å². The lowest BCUT2D eigenvalue weighted by atomic mass is 9.90. The Morgan fingerprint density at radius 1 is 1.29 bits per heavy atom. The second-order valence-corrected chi connectivity index (χ2v) is 13.9. The Morgan fingerprint density at radius 3 is 2.46 bits per heavy atom. The van der Waals surface area contributed by atoms with E-state index in [0.29, 0.717) is 24.7 Å². The van der Waals surface area contributed by atoms with Crippen LogP contribution in [-0.2, 0) is 9.22 Å². The highest BCUT2D eigenvalue weighted by molar-refractivity contribution is 6.74. The van der Waals surface area contributed by atoms with Crippen LogP contribution in [0.2, 0.25) is 18.1 Å². The van der Waals surface area contributed by atoms with Gasteiger partial charge in [-0.1, -0.05) is 32.9 Å². The van der Waals surface area contributed by atoms with E-state index >= 15 is 0 Å². The number of carbonyl (C=O) groups excluding carboxylic acids is 1. The van der Waals surface area contributed by atoms with Crippen molar-refractivity contribution < 1.29 is 9.22 Å². The smallest absolute Gasteiger partial charge is 0.192 e. The van der Waals surface area contributed by atoms with E-state index in [0.717, 1.165) is 24.8 Å². The lowest BCUT2D eigenvalue weighted by Crippen LogP contribution is -2.41. The third kappa shape index (κ3) is 3.83. The van der Waals surface area contributed by atoms with E-state index in [1.54, 1.807) is 0 Å². The van der Waals surface area contributed by atoms with Crippen molar-refractivity contribution in [2.75, 3.05) is 6.61 Å². The predicted molar refractivity (Wildman–Crippen MR) is 105 cm³/mol. The van der Waals surface area contributed by atoms with Crippen LogP contribution in [-0.4, -0.2) is 20.7 Å². The van der Waals surface area contributed by atoms with Crippen molar-refractivity contribution >= 4 is 14.1 Å². The molecule has 0 unspecified atom stereocenters. The topological polar surface area (TPSA) is 26.3 Å². The van der Waals surface area contributed by atoms with Crippen LogP contribution in [0.4, 0.5) is 0 Å². The summed E-state index contributed by atoms with van der Waals surface area (Å²) in [6.45, 7) is 20.4. The van der Waals surface area contributed by atoms with Crippen LogP contribution >= 0.6 is 0 Å². The van der Waals surface area contributed by atoms with Crippen molar-refractivity contribution in [1.82, 2.24) is 0 Å². The molecule has 0 aromatic heterocycles. The number of rotatable bonds is 4. The van der Waals surface area contributed by atoms with E-state index in [1.807, 2.05) is 6.92 Å². The Bertz CT molecular complexity index is 614. The van der Waals surface area contributed by atoms with E-state index in [-0.39, 0.29) is 5.04 Å². The van der Waals surface area contributed by atoms with Gasteiger partial charge in [0.2, 0.25) is 0 Å². The standard InChI is InChI=1S/C21H34O2Si/c1-14(2)16-9-10-17(13-23-24(7,8)21(4,5)6)19-12-20(22)15(3)18(19)11-16/h16H,1,9-13H2,2-8H3/t16-/m1/s1. The molecular weight excluding hydrogens is 312 g/mol. The van der Waals surface area contributed by atoms with Gasteiger partial charge in [0.05, 0.1) is 6.61 Å². The third-order valence-electron chi connectivity index (χ3n) is 6.35. The number of ketones is 1. The van der Waals surface area contributed by atoms with Crippen LogP contribution in [0.25, 0.3) is 0 Å². The van der Waals surface area contributed by atoms with Gasteiger partial charge in [-0.05, 0) is 79.5 Å². The molecule has 3 heteroatoms. The van der Waals surface area contributed by atoms with Crippen LogP contribution in [0.5, 0.6) is 0 Å². The fourth-order valence-corrected chi connectivity index (χ4v) is 4.29. The zero-order valence-corrected chi connectivity index (χ0v) is 17.6. The minimum absolute atomic E-state index is 0.212. The Balaban J connectivity index is 2.28. The summed E-state index contributed by atoms with van der Waals surface area (Å²) in [5.74, 6) is 0.786. The van der Waals surface area contributed by atoms with Crippen LogP contribution in [0.3, 0.4) is 0 Å². The fourth-order valence-electron chi connectivity index (χ4n) is 3.32. The SMILES string of the molecule is C=C(C)[C@@H]1CCC(CO[Si](C)(C)C(C)(C)C)=C2CC(=O)C(C)=C2C1. The average Bonchev–Trinajstić information content (AvgIpc) is 2.63. The highest BCUT2D eigenvalue weighted by Crippen LogP contribution is 2.43. The number of hydrogen-bond donors (Lipinski definition) is 0. The summed E-state index contributed by atoms with van der Waals surface area (Å²) >= 11 is 0. The molecule has 0 amide bonds. The minimum Gasteiger partial charge on any atom is -0.413 e. The molecule has 0 fully saturated rings. The van der Waals surface area contributed by atoms with Gasteiger partial charge in [-0.25, -0.2) is 0 Å². The molecule has 1 atom stereocenters. The normalized spacial score (nSPS) is 22.8. The Hall–Kier alpha value is -0.933. The van der Waals surface area contributed by atoms with E-state index in [1.165, 1.54) is 22.3 Å². The fraction of sp³-hybridized carbons (Fsp3) is 0.667. The van der Waals surface area contributed by atoms with Crippen molar-refractivity contribution in [3.63, 3.8) is 0 Å². The number of carbonyl (C=O) groups is 1. The van der Waals surface area contributed by atoms with Gasteiger partial charge in [0.1, 0.15) is 0 Å². The molecule has 2 rings (SSSR count). The number of fused-ring (bicyclic) bond motifs is 1. The van der Waals surface area contributed by atoms with Crippen molar-refractivity contribution in [3.8, 4) is 0 Å². The minimum atomic E-state index is -1.77. The molecule has 24 heavy (non-hydrogen) atoms. The molecule has 0 N–H and O–H groups in total. The van der Waals surface area contributed by atoms with Gasteiger partial charge in [0.15, 0.2) is 14.1 Å². The molecule has 0 spiro atoms. The second-order valence-electron chi connectivity index (χ2n) is 9.12. The Kier molecular flexibility index (Phi) is 5.46. The molecule has 0 aliphatic heterocycles. The average molecular weight is 347 g/mol. The molecule has 2 aliphatic rings. The first-order chi connectivity index (χ1) is 10.9. The first-order valence-corrected chi connectivity index (χ1v) is 12.1. The first kappa shape index (κ1) is 19.4. The van der Waals surface area contributed by atoms with Gasteiger partial charge in [-0.3, -0.25) is 4.79 Å². The first-order valence-electron chi connectivity index (χ1n) is 9.17. The summed E-state index contributed by atoms with van der Waals surface area (Å²) in [6.07, 6.45) is 3.72. The molecule has 0 aromatic carbocycles. The highest BCUT2D eigenvalue weighted by Gasteiger charge is 2.38. The summed E-state index contributed by atoms with van der Waals surface area (Å²) in [5.41, 5.74) is 6.16. The van der Waals surface area contributed by atoms with Crippen LogP contribution in [0, 0.1) is 5.92 Å². The van der Waals surface area contributed by atoms with E-state index in [9.17, 15) is 4.79 Å². The van der Waals surface area contributed by atoms with Gasteiger partial charge in [-0.2, -0.15) is 0 Å². The van der Waals surface area contributed by atoms with E-state index < -0.39 is 8.32 Å². The largest absolute Gasteiger partial charge is 0.413 e. The van der Waals surface area contributed by atoms with Crippen molar-refractivity contribution in [2.45, 2.75) is 78.4 Å². The van der Waals surface area contributed by atoms with Gasteiger partial charge in [0, 0.05) is 6.42 Å². The molecule has 0 heterocycles. The molecule has 2 nitrogen and oxygen atoms in total. The quantitative estimate of drug-likeness (QED) is 0.463. The summed E-state index contributed by atoms with van der Waals surface area (Å²) < 4.78 is 6.49. The highest BCUT2D eigenvalue weighted by atomic mass is 28.4. The van der Waals surface area contributed by atoms with Crippen molar-refractivity contribution in [1.29, 1.82) is 0 Å². The summed E-state index contributed by atoms with van der Waals surface area (Å²) in [4.78, 5) is 12.3. The Labute approximate surface area is 149 Å². The maximum absolute atomic E-state index is 12.3. The van der Waals surface area contributed by atoms with Gasteiger partial charge in [0.25, 0.3) is 0 Å². The zero-order valence-electron chi connectivity index (χ0n) is 16.6. The second kappa shape index (κ2) is 6.76. The summed E-state index contributed by atoms with van der Waals surface area (Å²) in [6, 6.07) is 0. The van der Waals surface area contributed by atoms with Crippen molar-refractivity contribution in [2.24, 2.45) is 5.92 Å². The maximum Gasteiger partial charge on any atom is 0.192 e. The Morgan fingerprint density at radius 2 is 1.92 bits per heavy atom. The molecule has 0 saturated carbocycles. The zero-order chi connectivity index (χ0) is 18.3. The lowest BCUT2D eigenvalue weighted by Gasteiger charge is -2.36. The van der Waals surface area contributed by atoms with E-state index in [2.05, 4.69) is 47.4 Å². The summed E-state index contributed by atoms with van der Waals surface area (Å²) in [7, 11) is -1.77. The van der Waals surface area contributed by atoms with Gasteiger partial charge < -0.3 is 4.43 Å². The molecule has 2 aliphatic carbocycles. The maximum atomic E-state index is 12.3. The number of hydrogen-bond acceptors (Lipinski definition) is 2. The monoisotopic (exact) mass is 346 g/mol. The summed E-state index contributed by atoms with van der Waals surface area (Å²) in [5, 5.41) is 0.212. The third-order valence-corrected chi connectivity index (χ3v) is 10.8. The predicted octanol–water partition coefficient (Wildman–Crippen LogP) is 5.97. The number of Topliss-reactive ketones (excluding diaryl/α,β-unsaturated/α-hetero) is 1. The van der Waals surface area contributed by atoms with Crippen molar-refractivity contribution in [3.05, 3.63) is 34.4 Å². The van der Waals surface area contributed by atoms with Gasteiger partial charge in [-0.15, -0.1) is 0 Å². The molecule has 0 bridgehead atoms. The van der Waals surface area contributed by atoms with Crippen LogP contribution in [0.15, 0.2) is 34.4 Å². The number of allylic oxidation sites excluding steroid dienone is 4. The molecule has 0 saturated heterocycles.